The molecule has 0 unspecified atom stereocenters. The Morgan fingerprint density at radius 1 is 1.16 bits per heavy atom. The zero-order chi connectivity index (χ0) is 13.9. The summed E-state index contributed by atoms with van der Waals surface area (Å²) in [4.78, 5) is 0. The van der Waals surface area contributed by atoms with Gasteiger partial charge < -0.3 is 10.4 Å². The van der Waals surface area contributed by atoms with Gasteiger partial charge in [-0.15, -0.1) is 0 Å². The zero-order valence-electron chi connectivity index (χ0n) is 11.9. The molecule has 1 aliphatic rings. The zero-order valence-corrected chi connectivity index (χ0v) is 13.5. The van der Waals surface area contributed by atoms with E-state index in [4.69, 9.17) is 0 Å². The van der Waals surface area contributed by atoms with Crippen LogP contribution in [-0.2, 0) is 0 Å². The van der Waals surface area contributed by atoms with Crippen molar-refractivity contribution in [2.24, 2.45) is 5.41 Å². The molecular weight excluding hydrogens is 302 g/mol. The number of halogens is 1. The summed E-state index contributed by atoms with van der Waals surface area (Å²) in [6.45, 7) is 5.45. The van der Waals surface area contributed by atoms with E-state index in [1.54, 1.807) is 0 Å². The normalized spacial score (nSPS) is 18.3. The summed E-state index contributed by atoms with van der Waals surface area (Å²) < 4.78 is 1.13. The molecule has 0 atom stereocenters. The topological polar surface area (TPSA) is 32.3 Å². The van der Waals surface area contributed by atoms with E-state index in [2.05, 4.69) is 47.2 Å². The van der Waals surface area contributed by atoms with E-state index in [-0.39, 0.29) is 5.41 Å². The first-order chi connectivity index (χ1) is 9.06. The van der Waals surface area contributed by atoms with Gasteiger partial charge in [-0.3, -0.25) is 0 Å². The maximum Gasteiger partial charge on any atom is 0.0504 e. The summed E-state index contributed by atoms with van der Waals surface area (Å²) in [5.41, 5.74) is 3.83. The minimum atomic E-state index is 0.0875. The number of aliphatic hydroxyl groups is 1. The van der Waals surface area contributed by atoms with Gasteiger partial charge in [0.15, 0.2) is 0 Å². The molecule has 0 heterocycles. The van der Waals surface area contributed by atoms with Crippen LogP contribution in [0, 0.1) is 19.3 Å². The first kappa shape index (κ1) is 14.9. The molecule has 0 radical (unpaired) electrons. The second kappa shape index (κ2) is 6.27. The summed E-state index contributed by atoms with van der Waals surface area (Å²) in [5, 5.41) is 13.3. The van der Waals surface area contributed by atoms with E-state index in [9.17, 15) is 5.11 Å². The second-order valence-corrected chi connectivity index (χ2v) is 6.90. The first-order valence-electron chi connectivity index (χ1n) is 7.18. The fourth-order valence-corrected chi connectivity index (χ4v) is 3.84. The van der Waals surface area contributed by atoms with Crippen LogP contribution in [0.1, 0.15) is 43.2 Å². The van der Waals surface area contributed by atoms with Crippen molar-refractivity contribution in [3.05, 3.63) is 27.7 Å². The van der Waals surface area contributed by atoms with Crippen LogP contribution in [-0.4, -0.2) is 18.3 Å². The van der Waals surface area contributed by atoms with Crippen LogP contribution in [0.4, 0.5) is 5.69 Å². The van der Waals surface area contributed by atoms with Crippen molar-refractivity contribution >= 4 is 21.6 Å². The Kier molecular flexibility index (Phi) is 4.91. The van der Waals surface area contributed by atoms with Crippen LogP contribution < -0.4 is 5.32 Å². The van der Waals surface area contributed by atoms with Crippen molar-refractivity contribution in [1.29, 1.82) is 0 Å². The summed E-state index contributed by atoms with van der Waals surface area (Å²) >= 11 is 3.53. The van der Waals surface area contributed by atoms with Crippen molar-refractivity contribution in [3.8, 4) is 0 Å². The monoisotopic (exact) mass is 325 g/mol. The molecule has 0 saturated heterocycles. The van der Waals surface area contributed by atoms with Crippen LogP contribution in [0.25, 0.3) is 0 Å². The Hall–Kier alpha value is -0.540. The number of aliphatic hydroxyl groups excluding tert-OH is 1. The third-order valence-electron chi connectivity index (χ3n) is 4.39. The smallest absolute Gasteiger partial charge is 0.0504 e. The van der Waals surface area contributed by atoms with E-state index in [0.717, 1.165) is 23.9 Å². The first-order valence-corrected chi connectivity index (χ1v) is 7.97. The van der Waals surface area contributed by atoms with Gasteiger partial charge in [0.1, 0.15) is 0 Å². The third kappa shape index (κ3) is 3.51. The highest BCUT2D eigenvalue weighted by Gasteiger charge is 2.31. The summed E-state index contributed by atoms with van der Waals surface area (Å²) in [6, 6.07) is 4.28. The van der Waals surface area contributed by atoms with Gasteiger partial charge in [0, 0.05) is 22.1 Å². The predicted octanol–water partition coefficient (Wildman–Crippen LogP) is 4.42. The number of aryl methyl sites for hydroxylation is 2. The van der Waals surface area contributed by atoms with Gasteiger partial charge >= 0.3 is 0 Å². The standard InChI is InChI=1S/C16H24BrNO/c1-12-8-14(17)9-13(2)15(12)18-10-16(11-19)6-4-3-5-7-16/h8-9,18-19H,3-7,10-11H2,1-2H3. The van der Waals surface area contributed by atoms with Gasteiger partial charge in [-0.1, -0.05) is 35.2 Å². The van der Waals surface area contributed by atoms with E-state index < -0.39 is 0 Å². The van der Waals surface area contributed by atoms with Crippen LogP contribution >= 0.6 is 15.9 Å². The van der Waals surface area contributed by atoms with Crippen molar-refractivity contribution in [1.82, 2.24) is 0 Å². The Labute approximate surface area is 124 Å². The van der Waals surface area contributed by atoms with Crippen molar-refractivity contribution < 1.29 is 5.11 Å². The van der Waals surface area contributed by atoms with Gasteiger partial charge in [-0.2, -0.15) is 0 Å². The molecular formula is C16H24BrNO. The van der Waals surface area contributed by atoms with Crippen LogP contribution in [0.2, 0.25) is 0 Å². The lowest BCUT2D eigenvalue weighted by atomic mass is 9.74. The highest BCUT2D eigenvalue weighted by atomic mass is 79.9. The molecule has 1 aromatic carbocycles. The molecule has 0 spiro atoms. The molecule has 19 heavy (non-hydrogen) atoms. The molecule has 2 nitrogen and oxygen atoms in total. The summed E-state index contributed by atoms with van der Waals surface area (Å²) in [6.07, 6.45) is 6.11. The van der Waals surface area contributed by atoms with E-state index in [1.807, 2.05) is 0 Å². The van der Waals surface area contributed by atoms with E-state index in [0.29, 0.717) is 6.61 Å². The highest BCUT2D eigenvalue weighted by Crippen LogP contribution is 2.36. The number of nitrogens with one attached hydrogen (secondary N) is 1. The minimum absolute atomic E-state index is 0.0875. The van der Waals surface area contributed by atoms with Gasteiger partial charge in [0.05, 0.1) is 6.61 Å². The fraction of sp³-hybridized carbons (Fsp3) is 0.625. The number of hydrogen-bond donors (Lipinski definition) is 2. The van der Waals surface area contributed by atoms with Crippen LogP contribution in [0.3, 0.4) is 0 Å². The number of benzene rings is 1. The average Bonchev–Trinajstić information content (AvgIpc) is 2.38. The second-order valence-electron chi connectivity index (χ2n) is 5.99. The van der Waals surface area contributed by atoms with Crippen molar-refractivity contribution in [2.45, 2.75) is 46.0 Å². The summed E-state index contributed by atoms with van der Waals surface area (Å²) in [5.74, 6) is 0. The third-order valence-corrected chi connectivity index (χ3v) is 4.85. The van der Waals surface area contributed by atoms with E-state index in [1.165, 1.54) is 36.1 Å². The Morgan fingerprint density at radius 3 is 2.26 bits per heavy atom. The predicted molar refractivity (Wildman–Crippen MR) is 84.7 cm³/mol. The van der Waals surface area contributed by atoms with Crippen LogP contribution in [0.15, 0.2) is 16.6 Å². The Morgan fingerprint density at radius 2 is 1.74 bits per heavy atom. The maximum atomic E-state index is 9.75. The largest absolute Gasteiger partial charge is 0.396 e. The molecule has 1 fully saturated rings. The molecule has 2 N–H and O–H groups in total. The molecule has 0 amide bonds. The summed E-state index contributed by atoms with van der Waals surface area (Å²) in [7, 11) is 0. The lowest BCUT2D eigenvalue weighted by Crippen LogP contribution is -2.35. The molecule has 0 aliphatic heterocycles. The van der Waals surface area contributed by atoms with Gasteiger partial charge in [-0.05, 0) is 49.9 Å². The molecule has 0 aromatic heterocycles. The lowest BCUT2D eigenvalue weighted by molar-refractivity contribution is 0.0944. The van der Waals surface area contributed by atoms with Crippen molar-refractivity contribution in [2.75, 3.05) is 18.5 Å². The molecule has 106 valence electrons. The molecule has 1 aliphatic carbocycles. The maximum absolute atomic E-state index is 9.75. The van der Waals surface area contributed by atoms with Crippen LogP contribution in [0.5, 0.6) is 0 Å². The average molecular weight is 326 g/mol. The fourth-order valence-electron chi connectivity index (χ4n) is 3.16. The van der Waals surface area contributed by atoms with Crippen molar-refractivity contribution in [3.63, 3.8) is 0 Å². The molecule has 0 bridgehead atoms. The molecule has 3 heteroatoms. The molecule has 1 saturated carbocycles. The molecule has 1 aromatic rings. The highest BCUT2D eigenvalue weighted by molar-refractivity contribution is 9.10. The minimum Gasteiger partial charge on any atom is -0.396 e. The van der Waals surface area contributed by atoms with Gasteiger partial charge in [0.25, 0.3) is 0 Å². The quantitative estimate of drug-likeness (QED) is 0.858. The SMILES string of the molecule is Cc1cc(Br)cc(C)c1NCC1(CO)CCCCC1. The number of hydrogen-bond acceptors (Lipinski definition) is 2. The number of anilines is 1. The number of rotatable bonds is 4. The van der Waals surface area contributed by atoms with E-state index >= 15 is 0 Å². The lowest BCUT2D eigenvalue weighted by Gasteiger charge is -2.36. The van der Waals surface area contributed by atoms with Gasteiger partial charge in [-0.25, -0.2) is 0 Å². The van der Waals surface area contributed by atoms with Gasteiger partial charge in [0.2, 0.25) is 0 Å². The molecule has 2 rings (SSSR count). The Bertz CT molecular complexity index is 415. The Balaban J connectivity index is 2.09.